The normalized spacial score (nSPS) is 11.0. The van der Waals surface area contributed by atoms with Crippen LogP contribution in [-0.4, -0.2) is 22.3 Å². The Labute approximate surface area is 107 Å². The van der Waals surface area contributed by atoms with Crippen molar-refractivity contribution in [1.29, 1.82) is 0 Å². The molecule has 0 aliphatic heterocycles. The van der Waals surface area contributed by atoms with Crippen LogP contribution in [0.25, 0.3) is 0 Å². The number of primary amides is 1. The zero-order valence-corrected chi connectivity index (χ0v) is 11.0. The van der Waals surface area contributed by atoms with E-state index in [0.29, 0.717) is 10.0 Å². The first-order valence-corrected chi connectivity index (χ1v) is 5.57. The maximum Gasteiger partial charge on any atom is 0.253 e. The lowest BCUT2D eigenvalue weighted by Gasteiger charge is -2.22. The molecule has 0 aliphatic rings. The summed E-state index contributed by atoms with van der Waals surface area (Å²) >= 11 is 3.18. The van der Waals surface area contributed by atoms with Gasteiger partial charge >= 0.3 is 0 Å². The zero-order chi connectivity index (χ0) is 13.2. The molecule has 0 fully saturated rings. The van der Waals surface area contributed by atoms with E-state index in [2.05, 4.69) is 26.2 Å². The predicted molar refractivity (Wildman–Crippen MR) is 67.1 cm³/mol. The van der Waals surface area contributed by atoms with E-state index in [1.807, 2.05) is 0 Å². The highest BCUT2D eigenvalue weighted by molar-refractivity contribution is 9.10. The molecule has 0 saturated heterocycles. The molecule has 0 aliphatic carbocycles. The lowest BCUT2D eigenvalue weighted by atomic mass is 10.0. The van der Waals surface area contributed by atoms with Crippen molar-refractivity contribution in [3.05, 3.63) is 22.3 Å². The highest BCUT2D eigenvalue weighted by Crippen LogP contribution is 2.18. The molecule has 92 valence electrons. The number of halogens is 1. The molecule has 0 radical (unpaired) electrons. The van der Waals surface area contributed by atoms with Crippen molar-refractivity contribution >= 4 is 33.6 Å². The smallest absolute Gasteiger partial charge is 0.253 e. The summed E-state index contributed by atoms with van der Waals surface area (Å²) in [5.41, 5.74) is 9.81. The largest absolute Gasteiger partial charge is 0.384 e. The Bertz CT molecular complexity index is 473. The number of nitrogen functional groups attached to an aromatic ring is 1. The van der Waals surface area contributed by atoms with E-state index in [0.717, 1.165) is 0 Å². The van der Waals surface area contributed by atoms with Crippen molar-refractivity contribution in [3.8, 4) is 0 Å². The lowest BCUT2D eigenvalue weighted by molar-refractivity contribution is -0.122. The predicted octanol–water partition coefficient (Wildman–Crippen LogP) is 0.420. The molecule has 0 atom stereocenters. The summed E-state index contributed by atoms with van der Waals surface area (Å²) in [5.74, 6) is -0.853. The van der Waals surface area contributed by atoms with Crippen molar-refractivity contribution in [2.24, 2.45) is 5.73 Å². The van der Waals surface area contributed by atoms with E-state index in [4.69, 9.17) is 11.5 Å². The second-order valence-electron chi connectivity index (χ2n) is 4.03. The summed E-state index contributed by atoms with van der Waals surface area (Å²) in [6.45, 7) is 3.04. The number of nitrogens with one attached hydrogen (secondary N) is 1. The van der Waals surface area contributed by atoms with Gasteiger partial charge in [0.25, 0.3) is 5.91 Å². The molecule has 1 aromatic heterocycles. The molecule has 7 heteroatoms. The fourth-order valence-corrected chi connectivity index (χ4v) is 1.44. The van der Waals surface area contributed by atoms with Gasteiger partial charge in [0.15, 0.2) is 0 Å². The standard InChI is InChI=1S/C10H13BrN4O2/c1-10(2,9(13)17)15-8(16)5-3-7(12)14-4-6(5)11/h3-4H,1-2H3,(H2,12,14)(H2,13,17)(H,15,16). The molecule has 0 saturated carbocycles. The average molecular weight is 301 g/mol. The minimum absolute atomic E-state index is 0.218. The Morgan fingerprint density at radius 1 is 1.47 bits per heavy atom. The molecule has 6 nitrogen and oxygen atoms in total. The number of amides is 2. The minimum Gasteiger partial charge on any atom is -0.384 e. The molecule has 0 aromatic carbocycles. The monoisotopic (exact) mass is 300 g/mol. The number of aromatic nitrogens is 1. The Morgan fingerprint density at radius 2 is 2.06 bits per heavy atom. The first-order valence-electron chi connectivity index (χ1n) is 4.77. The Hall–Kier alpha value is -1.63. The zero-order valence-electron chi connectivity index (χ0n) is 9.45. The molecule has 1 rings (SSSR count). The number of carbonyl (C=O) groups excluding carboxylic acids is 2. The average Bonchev–Trinajstić information content (AvgIpc) is 2.20. The summed E-state index contributed by atoms with van der Waals surface area (Å²) in [6, 6.07) is 1.41. The summed E-state index contributed by atoms with van der Waals surface area (Å²) in [6.07, 6.45) is 1.42. The summed E-state index contributed by atoms with van der Waals surface area (Å²) in [7, 11) is 0. The highest BCUT2D eigenvalue weighted by Gasteiger charge is 2.28. The van der Waals surface area contributed by atoms with Gasteiger partial charge in [-0.3, -0.25) is 9.59 Å². The van der Waals surface area contributed by atoms with Crippen molar-refractivity contribution in [1.82, 2.24) is 10.3 Å². The molecule has 0 unspecified atom stereocenters. The summed E-state index contributed by atoms with van der Waals surface area (Å²) in [4.78, 5) is 26.8. The van der Waals surface area contributed by atoms with Crippen molar-refractivity contribution in [2.45, 2.75) is 19.4 Å². The molecule has 17 heavy (non-hydrogen) atoms. The number of rotatable bonds is 3. The Kier molecular flexibility index (Phi) is 3.72. The highest BCUT2D eigenvalue weighted by atomic mass is 79.9. The first-order chi connectivity index (χ1) is 7.74. The van der Waals surface area contributed by atoms with E-state index < -0.39 is 17.4 Å². The second-order valence-corrected chi connectivity index (χ2v) is 4.89. The van der Waals surface area contributed by atoms with Gasteiger partial charge in [-0.2, -0.15) is 0 Å². The van der Waals surface area contributed by atoms with Crippen LogP contribution in [-0.2, 0) is 4.79 Å². The molecular formula is C10H13BrN4O2. The quantitative estimate of drug-likeness (QED) is 0.751. The number of hydrogen-bond acceptors (Lipinski definition) is 4. The first kappa shape index (κ1) is 13.4. The van der Waals surface area contributed by atoms with E-state index in [1.165, 1.54) is 26.1 Å². The number of hydrogen-bond donors (Lipinski definition) is 3. The van der Waals surface area contributed by atoms with Crippen LogP contribution in [0, 0.1) is 0 Å². The molecule has 5 N–H and O–H groups in total. The minimum atomic E-state index is -1.13. The molecule has 0 bridgehead atoms. The van der Waals surface area contributed by atoms with Crippen LogP contribution >= 0.6 is 15.9 Å². The lowest BCUT2D eigenvalue weighted by Crippen LogP contribution is -2.53. The van der Waals surface area contributed by atoms with Crippen molar-refractivity contribution in [2.75, 3.05) is 5.73 Å². The number of nitrogens with zero attached hydrogens (tertiary/aromatic N) is 1. The Balaban J connectivity index is 2.98. The van der Waals surface area contributed by atoms with E-state index in [9.17, 15) is 9.59 Å². The fourth-order valence-electron chi connectivity index (χ4n) is 1.04. The molecule has 1 aromatic rings. The third-order valence-corrected chi connectivity index (χ3v) is 2.80. The maximum absolute atomic E-state index is 11.9. The van der Waals surface area contributed by atoms with E-state index >= 15 is 0 Å². The number of anilines is 1. The fraction of sp³-hybridized carbons (Fsp3) is 0.300. The third kappa shape index (κ3) is 3.16. The number of nitrogens with two attached hydrogens (primary N) is 2. The van der Waals surface area contributed by atoms with Gasteiger partial charge in [0.2, 0.25) is 5.91 Å². The van der Waals surface area contributed by atoms with Crippen LogP contribution in [0.5, 0.6) is 0 Å². The number of pyridine rings is 1. The van der Waals surface area contributed by atoms with Crippen LogP contribution in [0.4, 0.5) is 5.82 Å². The van der Waals surface area contributed by atoms with Crippen LogP contribution in [0.3, 0.4) is 0 Å². The van der Waals surface area contributed by atoms with Crippen LogP contribution in [0.15, 0.2) is 16.7 Å². The molecule has 2 amide bonds. The SMILES string of the molecule is CC(C)(NC(=O)c1cc(N)ncc1Br)C(N)=O. The molecule has 0 spiro atoms. The van der Waals surface area contributed by atoms with Gasteiger partial charge in [0.1, 0.15) is 11.4 Å². The third-order valence-electron chi connectivity index (χ3n) is 2.16. The van der Waals surface area contributed by atoms with Gasteiger partial charge in [0.05, 0.1) is 5.56 Å². The van der Waals surface area contributed by atoms with Crippen LogP contribution < -0.4 is 16.8 Å². The van der Waals surface area contributed by atoms with Crippen LogP contribution in [0.1, 0.15) is 24.2 Å². The van der Waals surface area contributed by atoms with Gasteiger partial charge in [-0.25, -0.2) is 4.98 Å². The van der Waals surface area contributed by atoms with Crippen molar-refractivity contribution in [3.63, 3.8) is 0 Å². The van der Waals surface area contributed by atoms with E-state index in [-0.39, 0.29) is 5.82 Å². The maximum atomic E-state index is 11.9. The summed E-state index contributed by atoms with van der Waals surface area (Å²) in [5, 5.41) is 2.51. The topological polar surface area (TPSA) is 111 Å². The van der Waals surface area contributed by atoms with E-state index in [1.54, 1.807) is 0 Å². The van der Waals surface area contributed by atoms with Gasteiger partial charge in [-0.1, -0.05) is 0 Å². The van der Waals surface area contributed by atoms with Crippen molar-refractivity contribution < 1.29 is 9.59 Å². The van der Waals surface area contributed by atoms with Gasteiger partial charge in [-0.15, -0.1) is 0 Å². The van der Waals surface area contributed by atoms with Gasteiger partial charge in [-0.05, 0) is 35.8 Å². The van der Waals surface area contributed by atoms with Crippen LogP contribution in [0.2, 0.25) is 0 Å². The molecule has 1 heterocycles. The Morgan fingerprint density at radius 3 is 2.59 bits per heavy atom. The second kappa shape index (κ2) is 4.70. The van der Waals surface area contributed by atoms with Gasteiger partial charge < -0.3 is 16.8 Å². The summed E-state index contributed by atoms with van der Waals surface area (Å²) < 4.78 is 0.490. The van der Waals surface area contributed by atoms with Gasteiger partial charge in [0, 0.05) is 10.7 Å². The molecular weight excluding hydrogens is 288 g/mol. The number of carbonyl (C=O) groups is 2.